The Morgan fingerprint density at radius 2 is 1.95 bits per heavy atom. The number of nitriles is 1. The van der Waals surface area contributed by atoms with Crippen molar-refractivity contribution in [3.05, 3.63) is 58.8 Å². The summed E-state index contributed by atoms with van der Waals surface area (Å²) in [6.07, 6.45) is 1.65. The number of pyridine rings is 1. The second-order valence-electron chi connectivity index (χ2n) is 9.88. The van der Waals surface area contributed by atoms with Gasteiger partial charge in [0.15, 0.2) is 11.2 Å². The Morgan fingerprint density at radius 1 is 1.12 bits per heavy atom. The lowest BCUT2D eigenvalue weighted by atomic mass is 10.1. The van der Waals surface area contributed by atoms with Crippen molar-refractivity contribution < 1.29 is 8.91 Å². The third kappa shape index (κ3) is 4.11. The molecular formula is C27H23ClFN11O. The number of nitrogen functional groups attached to an aromatic ring is 1. The molecule has 1 aliphatic rings. The Balaban J connectivity index is 1.14. The summed E-state index contributed by atoms with van der Waals surface area (Å²) < 4.78 is 23.2. The molecule has 1 fully saturated rings. The average molecular weight is 572 g/mol. The Morgan fingerprint density at radius 3 is 2.71 bits per heavy atom. The second-order valence-corrected chi connectivity index (χ2v) is 10.3. The lowest BCUT2D eigenvalue weighted by Crippen LogP contribution is -2.47. The number of aromatic nitrogens is 7. The molecule has 7 rings (SSSR count). The zero-order chi connectivity index (χ0) is 28.2. The Bertz CT molecular complexity index is 1980. The second kappa shape index (κ2) is 9.69. The Kier molecular flexibility index (Phi) is 5.95. The third-order valence-corrected chi connectivity index (χ3v) is 7.89. The van der Waals surface area contributed by atoms with Crippen molar-refractivity contribution in [2.75, 3.05) is 43.4 Å². The number of anilines is 2. The van der Waals surface area contributed by atoms with E-state index in [0.717, 1.165) is 11.1 Å². The van der Waals surface area contributed by atoms with Gasteiger partial charge in [-0.3, -0.25) is 9.88 Å². The van der Waals surface area contributed by atoms with Crippen LogP contribution in [0.1, 0.15) is 11.4 Å². The smallest absolute Gasteiger partial charge is 0.225 e. The van der Waals surface area contributed by atoms with Crippen LogP contribution >= 0.6 is 11.6 Å². The molecule has 206 valence electrons. The van der Waals surface area contributed by atoms with Crippen molar-refractivity contribution in [1.82, 2.24) is 39.2 Å². The summed E-state index contributed by atoms with van der Waals surface area (Å²) in [6, 6.07) is 10.9. The van der Waals surface area contributed by atoms with E-state index in [4.69, 9.17) is 21.9 Å². The van der Waals surface area contributed by atoms with E-state index in [1.165, 1.54) is 10.6 Å². The molecule has 6 aromatic rings. The van der Waals surface area contributed by atoms with Crippen molar-refractivity contribution in [1.29, 1.82) is 5.26 Å². The monoisotopic (exact) mass is 571 g/mol. The molecule has 6 heterocycles. The molecule has 12 nitrogen and oxygen atoms in total. The van der Waals surface area contributed by atoms with E-state index in [-0.39, 0.29) is 22.5 Å². The number of hydrogen-bond donors (Lipinski definition) is 1. The summed E-state index contributed by atoms with van der Waals surface area (Å²) in [5.41, 5.74) is 9.73. The normalized spacial score (nSPS) is 14.4. The van der Waals surface area contributed by atoms with E-state index < -0.39 is 0 Å². The van der Waals surface area contributed by atoms with E-state index >= 15 is 0 Å². The summed E-state index contributed by atoms with van der Waals surface area (Å²) in [7, 11) is 0. The van der Waals surface area contributed by atoms with Crippen molar-refractivity contribution in [2.24, 2.45) is 0 Å². The number of piperazine rings is 1. The number of fused-ring (bicyclic) bond motifs is 4. The minimum absolute atomic E-state index is 0.123. The molecule has 1 aromatic carbocycles. The van der Waals surface area contributed by atoms with E-state index in [1.807, 2.05) is 17.9 Å². The molecule has 0 saturated carbocycles. The van der Waals surface area contributed by atoms with Gasteiger partial charge < -0.3 is 19.7 Å². The van der Waals surface area contributed by atoms with Crippen LogP contribution < -0.4 is 10.6 Å². The van der Waals surface area contributed by atoms with Crippen LogP contribution in [0.2, 0.25) is 5.02 Å². The van der Waals surface area contributed by atoms with E-state index in [1.54, 1.807) is 29.0 Å². The molecule has 2 N–H and O–H groups in total. The minimum atomic E-state index is -0.330. The van der Waals surface area contributed by atoms with Crippen LogP contribution in [0.3, 0.4) is 0 Å². The summed E-state index contributed by atoms with van der Waals surface area (Å²) >= 11 is 6.73. The van der Waals surface area contributed by atoms with Crippen LogP contribution in [0, 0.1) is 24.1 Å². The number of hydrogen-bond acceptors (Lipinski definition) is 10. The third-order valence-electron chi connectivity index (χ3n) is 7.52. The van der Waals surface area contributed by atoms with Crippen LogP contribution in [-0.2, 0) is 6.54 Å². The zero-order valence-electron chi connectivity index (χ0n) is 21.9. The quantitative estimate of drug-likeness (QED) is 0.325. The molecular weight excluding hydrogens is 549 g/mol. The van der Waals surface area contributed by atoms with Gasteiger partial charge in [0.05, 0.1) is 21.8 Å². The van der Waals surface area contributed by atoms with Gasteiger partial charge in [-0.05, 0) is 25.1 Å². The van der Waals surface area contributed by atoms with Gasteiger partial charge in [0.1, 0.15) is 28.9 Å². The highest BCUT2D eigenvalue weighted by Crippen LogP contribution is 2.34. The first-order chi connectivity index (χ1) is 19.9. The number of halogens is 2. The number of benzene rings is 1. The molecule has 0 spiro atoms. The maximum atomic E-state index is 14.8. The lowest BCUT2D eigenvalue weighted by Gasteiger charge is -2.36. The van der Waals surface area contributed by atoms with Crippen LogP contribution in [0.15, 0.2) is 41.1 Å². The van der Waals surface area contributed by atoms with Gasteiger partial charge in [-0.2, -0.15) is 14.8 Å². The minimum Gasteiger partial charge on any atom is -0.368 e. The standard InChI is InChI=1S/C27H23ClFN11O/c1-15-16-12-19(17(29)13-21(16)41-36-15)38-9-6-37(7-10-38)8-11-39-20(14-30)23(28)22-25(39)34-27(31)40-26(22)33-24(35-40)18-4-2-3-5-32-18/h2-5,12-13H,6-11H2,1H3,(H2,31,34). The zero-order valence-corrected chi connectivity index (χ0v) is 22.7. The molecule has 41 heavy (non-hydrogen) atoms. The van der Waals surface area contributed by atoms with Crippen LogP contribution in [-0.4, -0.2) is 71.9 Å². The molecule has 0 atom stereocenters. The highest BCUT2D eigenvalue weighted by atomic mass is 35.5. The first-order valence-corrected chi connectivity index (χ1v) is 13.4. The lowest BCUT2D eigenvalue weighted by molar-refractivity contribution is 0.248. The summed E-state index contributed by atoms with van der Waals surface area (Å²) in [6.45, 7) is 5.65. The van der Waals surface area contributed by atoms with Crippen LogP contribution in [0.4, 0.5) is 16.0 Å². The number of nitrogens with two attached hydrogens (primary N) is 1. The fraction of sp³-hybridized carbons (Fsp3) is 0.259. The van der Waals surface area contributed by atoms with Crippen molar-refractivity contribution in [3.8, 4) is 17.6 Å². The summed E-state index contributed by atoms with van der Waals surface area (Å²) in [5.74, 6) is 0.170. The van der Waals surface area contributed by atoms with Crippen molar-refractivity contribution >= 4 is 50.9 Å². The first-order valence-electron chi connectivity index (χ1n) is 13.0. The van der Waals surface area contributed by atoms with E-state index in [9.17, 15) is 9.65 Å². The van der Waals surface area contributed by atoms with Gasteiger partial charge >= 0.3 is 0 Å². The number of rotatable bonds is 5. The summed E-state index contributed by atoms with van der Waals surface area (Å²) in [5, 5.41) is 20.0. The number of nitrogens with zero attached hydrogens (tertiary/aromatic N) is 10. The number of aryl methyl sites for hydroxylation is 1. The maximum absolute atomic E-state index is 14.8. The van der Waals surface area contributed by atoms with Gasteiger partial charge in [0, 0.05) is 56.9 Å². The average Bonchev–Trinajstić information content (AvgIpc) is 3.66. The molecule has 0 unspecified atom stereocenters. The largest absolute Gasteiger partial charge is 0.368 e. The van der Waals surface area contributed by atoms with Crippen LogP contribution in [0.25, 0.3) is 39.2 Å². The van der Waals surface area contributed by atoms with Gasteiger partial charge in [0.2, 0.25) is 11.8 Å². The Labute approximate surface area is 237 Å². The predicted octanol–water partition coefficient (Wildman–Crippen LogP) is 3.66. The highest BCUT2D eigenvalue weighted by Gasteiger charge is 2.25. The van der Waals surface area contributed by atoms with E-state index in [0.29, 0.717) is 78.7 Å². The van der Waals surface area contributed by atoms with Gasteiger partial charge in [-0.1, -0.05) is 22.8 Å². The van der Waals surface area contributed by atoms with Crippen molar-refractivity contribution in [2.45, 2.75) is 13.5 Å². The molecule has 0 radical (unpaired) electrons. The highest BCUT2D eigenvalue weighted by molar-refractivity contribution is 6.38. The van der Waals surface area contributed by atoms with Crippen molar-refractivity contribution in [3.63, 3.8) is 0 Å². The van der Waals surface area contributed by atoms with Gasteiger partial charge in [0.25, 0.3) is 0 Å². The fourth-order valence-corrected chi connectivity index (χ4v) is 5.69. The predicted molar refractivity (Wildman–Crippen MR) is 151 cm³/mol. The van der Waals surface area contributed by atoms with Crippen LogP contribution in [0.5, 0.6) is 0 Å². The molecule has 0 amide bonds. The molecule has 14 heteroatoms. The molecule has 5 aromatic heterocycles. The topological polar surface area (TPSA) is 143 Å². The SMILES string of the molecule is Cc1noc2cc(F)c(N3CCN(CCn4c(C#N)c(Cl)c5c4nc(N)n4nc(-c6ccccn6)nc54)CC3)cc12. The maximum Gasteiger partial charge on any atom is 0.225 e. The molecule has 0 aliphatic carbocycles. The summed E-state index contributed by atoms with van der Waals surface area (Å²) in [4.78, 5) is 17.8. The van der Waals surface area contributed by atoms with E-state index in [2.05, 4.69) is 36.2 Å². The molecule has 1 saturated heterocycles. The fourth-order valence-electron chi connectivity index (χ4n) is 5.38. The van der Waals surface area contributed by atoms with Gasteiger partial charge in [-0.15, -0.1) is 5.10 Å². The first kappa shape index (κ1) is 25.2. The molecule has 0 bridgehead atoms. The molecule has 1 aliphatic heterocycles. The Hall–Kier alpha value is -4.80. The van der Waals surface area contributed by atoms with Gasteiger partial charge in [-0.25, -0.2) is 9.37 Å².